The van der Waals surface area contributed by atoms with Crippen LogP contribution in [0.25, 0.3) is 28.2 Å². The quantitative estimate of drug-likeness (QED) is 0.395. The Labute approximate surface area is 186 Å². The van der Waals surface area contributed by atoms with Crippen molar-refractivity contribution in [2.75, 3.05) is 10.8 Å². The van der Waals surface area contributed by atoms with Crippen molar-refractivity contribution in [2.45, 2.75) is 13.3 Å². The molecule has 2 heterocycles. The molecule has 1 aliphatic rings. The van der Waals surface area contributed by atoms with E-state index in [4.69, 9.17) is 9.15 Å². The lowest BCUT2D eigenvalue weighted by molar-refractivity contribution is 0.439. The zero-order valence-electron chi connectivity index (χ0n) is 17.4. The van der Waals surface area contributed by atoms with E-state index in [-0.39, 0.29) is 5.88 Å². The molecule has 5 rings (SSSR count). The van der Waals surface area contributed by atoms with Crippen LogP contribution in [0.4, 0.5) is 5.69 Å². The van der Waals surface area contributed by atoms with Gasteiger partial charge in [0, 0.05) is 17.0 Å². The van der Waals surface area contributed by atoms with Gasteiger partial charge in [0.15, 0.2) is 11.6 Å². The molecular weight excluding hydrogens is 426 g/mol. The normalized spacial score (nSPS) is 14.7. The summed E-state index contributed by atoms with van der Waals surface area (Å²) >= 11 is 0. The van der Waals surface area contributed by atoms with Crippen LogP contribution in [0.15, 0.2) is 83.1 Å². The first-order valence-electron chi connectivity index (χ1n) is 10.2. The standard InChI is InChI=1S/C25H21NO5S/c1-2-19-20-10-6-7-11-22(20)30-24(19)15-25-26(16-32(27,28)29)21-14-18(12-13-23(21)31-25)17-8-4-3-5-9-17/h3-15H,2,16H2,1H3,(H,27,28,29). The number of anilines is 1. The molecule has 7 heteroatoms. The lowest BCUT2D eigenvalue weighted by atomic mass is 10.0. The number of para-hydroxylation sites is 1. The summed E-state index contributed by atoms with van der Waals surface area (Å²) in [6.45, 7) is 2.03. The van der Waals surface area contributed by atoms with Crippen LogP contribution in [-0.2, 0) is 16.5 Å². The minimum Gasteiger partial charge on any atom is -0.456 e. The highest BCUT2D eigenvalue weighted by molar-refractivity contribution is 7.85. The van der Waals surface area contributed by atoms with Gasteiger partial charge in [-0.25, -0.2) is 0 Å². The molecule has 1 aliphatic heterocycles. The fourth-order valence-corrected chi connectivity index (χ4v) is 4.62. The molecule has 0 unspecified atom stereocenters. The third kappa shape index (κ3) is 3.77. The number of ether oxygens (including phenoxy) is 1. The van der Waals surface area contributed by atoms with Gasteiger partial charge in [-0.3, -0.25) is 9.45 Å². The summed E-state index contributed by atoms with van der Waals surface area (Å²) in [5, 5.41) is 1.00. The van der Waals surface area contributed by atoms with Gasteiger partial charge < -0.3 is 9.15 Å². The number of fused-ring (bicyclic) bond motifs is 2. The van der Waals surface area contributed by atoms with Crippen LogP contribution in [0.3, 0.4) is 0 Å². The van der Waals surface area contributed by atoms with Gasteiger partial charge in [0.05, 0.1) is 5.69 Å². The molecule has 3 aromatic carbocycles. The minimum absolute atomic E-state index is 0.275. The zero-order chi connectivity index (χ0) is 22.3. The Bertz CT molecular complexity index is 1440. The first-order chi connectivity index (χ1) is 15.4. The van der Waals surface area contributed by atoms with Gasteiger partial charge in [-0.15, -0.1) is 0 Å². The fraction of sp³-hybridized carbons (Fsp3) is 0.120. The summed E-state index contributed by atoms with van der Waals surface area (Å²) in [4.78, 5) is 1.45. The summed E-state index contributed by atoms with van der Waals surface area (Å²) < 4.78 is 45.3. The Balaban J connectivity index is 1.62. The van der Waals surface area contributed by atoms with Crippen molar-refractivity contribution in [3.05, 3.63) is 90.0 Å². The average Bonchev–Trinajstić information content (AvgIpc) is 3.30. The first kappa shape index (κ1) is 20.4. The second-order valence-electron chi connectivity index (χ2n) is 7.57. The molecule has 1 N–H and O–H groups in total. The maximum Gasteiger partial charge on any atom is 0.283 e. The van der Waals surface area contributed by atoms with Crippen LogP contribution in [0.2, 0.25) is 0 Å². The minimum atomic E-state index is -4.32. The van der Waals surface area contributed by atoms with E-state index in [0.717, 1.165) is 34.1 Å². The van der Waals surface area contributed by atoms with Gasteiger partial charge in [0.1, 0.15) is 11.3 Å². The van der Waals surface area contributed by atoms with Crippen molar-refractivity contribution < 1.29 is 22.1 Å². The molecule has 0 saturated heterocycles. The van der Waals surface area contributed by atoms with Gasteiger partial charge in [0.2, 0.25) is 5.88 Å². The van der Waals surface area contributed by atoms with Crippen LogP contribution >= 0.6 is 0 Å². The van der Waals surface area contributed by atoms with Gasteiger partial charge in [-0.1, -0.05) is 61.5 Å². The number of aryl methyl sites for hydroxylation is 1. The highest BCUT2D eigenvalue weighted by atomic mass is 32.2. The summed E-state index contributed by atoms with van der Waals surface area (Å²) in [6.07, 6.45) is 2.42. The highest BCUT2D eigenvalue weighted by Gasteiger charge is 2.31. The van der Waals surface area contributed by atoms with Crippen molar-refractivity contribution in [1.82, 2.24) is 0 Å². The molecule has 162 valence electrons. The molecule has 0 atom stereocenters. The third-order valence-electron chi connectivity index (χ3n) is 5.47. The van der Waals surface area contributed by atoms with E-state index in [1.807, 2.05) is 73.7 Å². The van der Waals surface area contributed by atoms with Crippen molar-refractivity contribution in [2.24, 2.45) is 0 Å². The van der Waals surface area contributed by atoms with E-state index in [9.17, 15) is 13.0 Å². The Hall–Kier alpha value is -3.55. The first-order valence-corrected chi connectivity index (χ1v) is 11.9. The van der Waals surface area contributed by atoms with Gasteiger partial charge in [-0.2, -0.15) is 8.42 Å². The van der Waals surface area contributed by atoms with Crippen LogP contribution in [0.1, 0.15) is 18.2 Å². The predicted octanol–water partition coefficient (Wildman–Crippen LogP) is 5.70. The summed E-state index contributed by atoms with van der Waals surface area (Å²) in [6, 6.07) is 23.1. The predicted molar refractivity (Wildman–Crippen MR) is 125 cm³/mol. The summed E-state index contributed by atoms with van der Waals surface area (Å²) in [5.41, 5.74) is 4.21. The van der Waals surface area contributed by atoms with Gasteiger partial charge >= 0.3 is 0 Å². The Morgan fingerprint density at radius 2 is 1.72 bits per heavy atom. The molecule has 0 saturated carbocycles. The molecule has 0 amide bonds. The largest absolute Gasteiger partial charge is 0.456 e. The van der Waals surface area contributed by atoms with E-state index < -0.39 is 16.0 Å². The van der Waals surface area contributed by atoms with Crippen molar-refractivity contribution in [3.8, 4) is 16.9 Å². The number of benzene rings is 3. The molecule has 0 radical (unpaired) electrons. The molecule has 0 aliphatic carbocycles. The molecule has 0 fully saturated rings. The lowest BCUT2D eigenvalue weighted by Crippen LogP contribution is -2.27. The monoisotopic (exact) mass is 447 g/mol. The van der Waals surface area contributed by atoms with E-state index >= 15 is 0 Å². The van der Waals surface area contributed by atoms with Crippen molar-refractivity contribution >= 4 is 32.9 Å². The number of hydrogen-bond donors (Lipinski definition) is 1. The van der Waals surface area contributed by atoms with E-state index in [0.29, 0.717) is 17.2 Å². The van der Waals surface area contributed by atoms with Crippen LogP contribution in [0.5, 0.6) is 5.75 Å². The molecule has 6 nitrogen and oxygen atoms in total. The second kappa shape index (κ2) is 7.85. The maximum absolute atomic E-state index is 11.8. The van der Waals surface area contributed by atoms with Crippen molar-refractivity contribution in [1.29, 1.82) is 0 Å². The highest BCUT2D eigenvalue weighted by Crippen LogP contribution is 2.43. The topological polar surface area (TPSA) is 80.0 Å². The van der Waals surface area contributed by atoms with Crippen LogP contribution in [0, 0.1) is 0 Å². The molecule has 0 spiro atoms. The SMILES string of the molecule is CCc1c(C=C2Oc3ccc(-c4ccccc4)cc3N2CS(=O)(=O)O)oc2ccccc12. The number of rotatable bonds is 5. The molecule has 32 heavy (non-hydrogen) atoms. The number of furan rings is 1. The van der Waals surface area contributed by atoms with E-state index in [1.54, 1.807) is 12.1 Å². The molecule has 1 aromatic heterocycles. The number of hydrogen-bond acceptors (Lipinski definition) is 5. The average molecular weight is 448 g/mol. The molecular formula is C25H21NO5S. The van der Waals surface area contributed by atoms with Gasteiger partial charge in [-0.05, 0) is 35.7 Å². The lowest BCUT2D eigenvalue weighted by Gasteiger charge is -2.16. The van der Waals surface area contributed by atoms with Crippen LogP contribution < -0.4 is 9.64 Å². The molecule has 4 aromatic rings. The van der Waals surface area contributed by atoms with Crippen LogP contribution in [-0.4, -0.2) is 18.8 Å². The second-order valence-corrected chi connectivity index (χ2v) is 8.99. The Morgan fingerprint density at radius 3 is 2.47 bits per heavy atom. The Kier molecular flexibility index (Phi) is 5.00. The van der Waals surface area contributed by atoms with Gasteiger partial charge in [0.25, 0.3) is 10.1 Å². The number of nitrogens with zero attached hydrogens (tertiary/aromatic N) is 1. The smallest absolute Gasteiger partial charge is 0.283 e. The molecule has 0 bridgehead atoms. The van der Waals surface area contributed by atoms with E-state index in [1.165, 1.54) is 4.90 Å². The zero-order valence-corrected chi connectivity index (χ0v) is 18.2. The summed E-state index contributed by atoms with van der Waals surface area (Å²) in [5.74, 6) is 0.747. The Morgan fingerprint density at radius 1 is 0.969 bits per heavy atom. The summed E-state index contributed by atoms with van der Waals surface area (Å²) in [7, 11) is -4.32. The van der Waals surface area contributed by atoms with E-state index in [2.05, 4.69) is 0 Å². The van der Waals surface area contributed by atoms with Crippen molar-refractivity contribution in [3.63, 3.8) is 0 Å². The third-order valence-corrected chi connectivity index (χ3v) is 6.05. The maximum atomic E-state index is 11.8. The fourth-order valence-electron chi connectivity index (χ4n) is 4.03.